The molecular formula is C42H66O15. The number of carbonyl (C=O) groups excluding carboxylic acids is 1. The van der Waals surface area contributed by atoms with Gasteiger partial charge in [0.2, 0.25) is 6.29 Å². The first-order chi connectivity index (χ1) is 26.4. The lowest BCUT2D eigenvalue weighted by atomic mass is 9.33. The number of fused-ring (bicyclic) bond motifs is 7. The first kappa shape index (κ1) is 43.3. The molecular weight excluding hydrogens is 744 g/mol. The maximum Gasteiger partial charge on any atom is 0.335 e. The number of hydrogen-bond donors (Lipinski definition) is 9. The van der Waals surface area contributed by atoms with Gasteiger partial charge in [0, 0.05) is 5.92 Å². The van der Waals surface area contributed by atoms with Crippen LogP contribution in [0, 0.1) is 50.7 Å². The van der Waals surface area contributed by atoms with Gasteiger partial charge in [0.05, 0.1) is 23.7 Å². The molecule has 0 unspecified atom stereocenters. The van der Waals surface area contributed by atoms with Crippen molar-refractivity contribution in [2.45, 2.75) is 179 Å². The lowest BCUT2D eigenvalue weighted by molar-refractivity contribution is -0.324. The molecule has 324 valence electrons. The number of ether oxygens (including phenoxy) is 4. The smallest absolute Gasteiger partial charge is 0.335 e. The maximum absolute atomic E-state index is 14.6. The Hall–Kier alpha value is -1.76. The van der Waals surface area contributed by atoms with Crippen LogP contribution in [0.3, 0.4) is 0 Å². The molecule has 2 aliphatic heterocycles. The Morgan fingerprint density at radius 2 is 1.42 bits per heavy atom. The van der Waals surface area contributed by atoms with E-state index in [-0.39, 0.29) is 28.6 Å². The monoisotopic (exact) mass is 810 g/mol. The molecule has 6 fully saturated rings. The summed E-state index contributed by atoms with van der Waals surface area (Å²) in [5.74, 6) is -2.49. The summed E-state index contributed by atoms with van der Waals surface area (Å²) in [6.07, 6.45) is -8.63. The molecule has 0 aromatic heterocycles. The average Bonchev–Trinajstić information content (AvgIpc) is 3.14. The summed E-state index contributed by atoms with van der Waals surface area (Å²) in [4.78, 5) is 26.4. The molecule has 0 amide bonds. The highest BCUT2D eigenvalue weighted by Crippen LogP contribution is 2.76. The minimum atomic E-state index is -1.81. The molecule has 5 aliphatic carbocycles. The number of carbonyl (C=O) groups is 2. The SMILES string of the molecule is C[C@@H]1CC[C@]2(C(=O)O[C@@H]3O[C@H](CO)[C@@H](O)[C@H](O)[C@H]3O)CC[C@]3(C)C(=CC[C@@H]4[C@@]5(C)CC[C@H](O[C@@H]6O[C@H](C(=O)O)[C@@H](O)[C@H](O)[C@H]6O)C(C)(C)[C@@H]5CC[C@]43C)[C@@H]2[C@]1(C)O. The van der Waals surface area contributed by atoms with Crippen molar-refractivity contribution in [3.8, 4) is 0 Å². The van der Waals surface area contributed by atoms with E-state index in [1.807, 2.05) is 13.8 Å². The van der Waals surface area contributed by atoms with E-state index in [4.69, 9.17) is 18.9 Å². The van der Waals surface area contributed by atoms with Crippen LogP contribution < -0.4 is 0 Å². The number of carboxylic acid groups (broad SMARTS) is 1. The molecule has 2 heterocycles. The van der Waals surface area contributed by atoms with Gasteiger partial charge in [-0.15, -0.1) is 0 Å². The van der Waals surface area contributed by atoms with E-state index in [1.165, 1.54) is 0 Å². The van der Waals surface area contributed by atoms with Crippen LogP contribution in [0.1, 0.15) is 106 Å². The molecule has 0 radical (unpaired) electrons. The molecule has 15 heteroatoms. The van der Waals surface area contributed by atoms with Crippen LogP contribution in [0.2, 0.25) is 0 Å². The van der Waals surface area contributed by atoms with Crippen LogP contribution in [-0.4, -0.2) is 138 Å². The lowest BCUT2D eigenvalue weighted by Gasteiger charge is -2.72. The minimum absolute atomic E-state index is 0.143. The number of esters is 1. The fourth-order valence-corrected chi connectivity index (χ4v) is 13.8. The molecule has 57 heavy (non-hydrogen) atoms. The first-order valence-electron chi connectivity index (χ1n) is 21.0. The standard InChI is InChI=1S/C42H66O15/c1-19-10-15-42(36(52)57-34-29(48)26(45)25(44)21(18-43)54-34)17-16-39(5)20(32(42)41(19,7)53)8-9-23-38(4)13-12-24(37(2,3)22(38)11-14-40(23,39)6)55-35-30(49)27(46)28(47)31(56-35)33(50)51/h8,19,21-32,34-35,43-49,53H,9-18H2,1-7H3,(H,50,51)/t19-,21-,22+,23-,24+,25-,26+,27+,28+,29-,30-,31+,32-,34+,35-,38+,39-,40-,41-,42+/m1/s1. The normalized spacial score (nSPS) is 54.6. The van der Waals surface area contributed by atoms with Crippen molar-refractivity contribution in [2.75, 3.05) is 6.61 Å². The summed E-state index contributed by atoms with van der Waals surface area (Å²) in [7, 11) is 0. The third kappa shape index (κ3) is 6.14. The highest BCUT2D eigenvalue weighted by atomic mass is 16.7. The first-order valence-corrected chi connectivity index (χ1v) is 21.0. The number of allylic oxidation sites excluding steroid dienone is 1. The van der Waals surface area contributed by atoms with E-state index in [9.17, 15) is 55.5 Å². The Labute approximate surface area is 334 Å². The summed E-state index contributed by atoms with van der Waals surface area (Å²) >= 11 is 0. The number of aliphatic hydroxyl groups excluding tert-OH is 7. The van der Waals surface area contributed by atoms with E-state index in [2.05, 4.69) is 40.7 Å². The maximum atomic E-state index is 14.6. The van der Waals surface area contributed by atoms with Crippen molar-refractivity contribution in [3.63, 3.8) is 0 Å². The zero-order valence-electron chi connectivity index (χ0n) is 34.3. The summed E-state index contributed by atoms with van der Waals surface area (Å²) in [6.45, 7) is 14.4. The number of carboxylic acids is 1. The molecule has 9 N–H and O–H groups in total. The van der Waals surface area contributed by atoms with Crippen molar-refractivity contribution in [3.05, 3.63) is 11.6 Å². The number of rotatable bonds is 6. The molecule has 0 bridgehead atoms. The van der Waals surface area contributed by atoms with Crippen LogP contribution >= 0.6 is 0 Å². The van der Waals surface area contributed by atoms with Crippen molar-refractivity contribution in [1.82, 2.24) is 0 Å². The van der Waals surface area contributed by atoms with E-state index in [0.29, 0.717) is 38.5 Å². The van der Waals surface area contributed by atoms with Crippen LogP contribution in [-0.2, 0) is 28.5 Å². The van der Waals surface area contributed by atoms with E-state index >= 15 is 0 Å². The average molecular weight is 811 g/mol. The highest BCUT2D eigenvalue weighted by molar-refractivity contribution is 5.79. The van der Waals surface area contributed by atoms with Crippen LogP contribution in [0.25, 0.3) is 0 Å². The van der Waals surface area contributed by atoms with Crippen molar-refractivity contribution < 1.29 is 74.5 Å². The molecule has 7 rings (SSSR count). The lowest BCUT2D eigenvalue weighted by Crippen LogP contribution is -2.68. The zero-order valence-corrected chi connectivity index (χ0v) is 34.3. The van der Waals surface area contributed by atoms with E-state index < -0.39 is 114 Å². The second-order valence-electron chi connectivity index (χ2n) is 20.4. The third-order valence-corrected chi connectivity index (χ3v) is 17.6. The van der Waals surface area contributed by atoms with Gasteiger partial charge < -0.3 is 64.9 Å². The Morgan fingerprint density at radius 1 is 0.772 bits per heavy atom. The largest absolute Gasteiger partial charge is 0.479 e. The molecule has 15 nitrogen and oxygen atoms in total. The van der Waals surface area contributed by atoms with Crippen LogP contribution in [0.15, 0.2) is 11.6 Å². The van der Waals surface area contributed by atoms with Gasteiger partial charge in [-0.2, -0.15) is 0 Å². The molecule has 4 saturated carbocycles. The Balaban J connectivity index is 1.18. The van der Waals surface area contributed by atoms with Gasteiger partial charge >= 0.3 is 11.9 Å². The Bertz CT molecular complexity index is 1600. The second-order valence-corrected chi connectivity index (χ2v) is 20.4. The van der Waals surface area contributed by atoms with Gasteiger partial charge in [0.15, 0.2) is 12.4 Å². The molecule has 0 aromatic carbocycles. The topological polar surface area (TPSA) is 253 Å². The van der Waals surface area contributed by atoms with E-state index in [0.717, 1.165) is 24.8 Å². The number of aliphatic carboxylic acids is 1. The highest BCUT2D eigenvalue weighted by Gasteiger charge is 2.72. The van der Waals surface area contributed by atoms with Gasteiger partial charge in [-0.25, -0.2) is 4.79 Å². The summed E-state index contributed by atoms with van der Waals surface area (Å²) in [5.41, 5.74) is -2.69. The Morgan fingerprint density at radius 3 is 2.07 bits per heavy atom. The van der Waals surface area contributed by atoms with Gasteiger partial charge in [-0.3, -0.25) is 4.79 Å². The van der Waals surface area contributed by atoms with Gasteiger partial charge in [-0.1, -0.05) is 53.2 Å². The van der Waals surface area contributed by atoms with E-state index in [1.54, 1.807) is 0 Å². The predicted octanol–water partition coefficient (Wildman–Crippen LogP) is 1.38. The van der Waals surface area contributed by atoms with Gasteiger partial charge in [0.1, 0.15) is 42.7 Å². The quantitative estimate of drug-likeness (QED) is 0.104. The summed E-state index contributed by atoms with van der Waals surface area (Å²) in [6, 6.07) is 0. The predicted molar refractivity (Wildman–Crippen MR) is 199 cm³/mol. The summed E-state index contributed by atoms with van der Waals surface area (Å²) in [5, 5.41) is 95.0. The number of hydrogen-bond acceptors (Lipinski definition) is 14. The molecule has 0 aromatic rings. The second kappa shape index (κ2) is 14.4. The van der Waals surface area contributed by atoms with Crippen LogP contribution in [0.4, 0.5) is 0 Å². The molecule has 0 spiro atoms. The molecule has 7 aliphatic rings. The fourth-order valence-electron chi connectivity index (χ4n) is 13.8. The van der Waals surface area contributed by atoms with Crippen molar-refractivity contribution in [2.24, 2.45) is 50.7 Å². The van der Waals surface area contributed by atoms with Crippen LogP contribution in [0.5, 0.6) is 0 Å². The number of aliphatic hydroxyl groups is 8. The summed E-state index contributed by atoms with van der Waals surface area (Å²) < 4.78 is 23.4. The zero-order chi connectivity index (χ0) is 42.0. The Kier molecular flexibility index (Phi) is 11.0. The fraction of sp³-hybridized carbons (Fsp3) is 0.905. The molecule has 20 atom stereocenters. The third-order valence-electron chi connectivity index (χ3n) is 17.6. The van der Waals surface area contributed by atoms with Crippen molar-refractivity contribution in [1.29, 1.82) is 0 Å². The van der Waals surface area contributed by atoms with Gasteiger partial charge in [0.25, 0.3) is 0 Å². The van der Waals surface area contributed by atoms with Gasteiger partial charge in [-0.05, 0) is 104 Å². The van der Waals surface area contributed by atoms with Crippen molar-refractivity contribution >= 4 is 11.9 Å². The molecule has 2 saturated heterocycles. The minimum Gasteiger partial charge on any atom is -0.479 e.